The quantitative estimate of drug-likeness (QED) is 0.817. The number of carbonyl (C=O) groups is 2. The van der Waals surface area contributed by atoms with Crippen molar-refractivity contribution in [3.8, 4) is 0 Å². The highest BCUT2D eigenvalue weighted by atomic mass is 16.4. The van der Waals surface area contributed by atoms with Gasteiger partial charge in [0, 0.05) is 25.2 Å². The third-order valence-electron chi connectivity index (χ3n) is 3.79. The smallest absolute Gasteiger partial charge is 0.308 e. The van der Waals surface area contributed by atoms with Crippen LogP contribution >= 0.6 is 0 Å². The Hall–Kier alpha value is -2.04. The van der Waals surface area contributed by atoms with Crippen molar-refractivity contribution in [2.45, 2.75) is 25.7 Å². The minimum atomic E-state index is -0.810. The highest BCUT2D eigenvalue weighted by Gasteiger charge is 2.27. The molecule has 1 aromatic carbocycles. The first kappa shape index (κ1) is 14.4. The Morgan fingerprint density at radius 3 is 2.80 bits per heavy atom. The summed E-state index contributed by atoms with van der Waals surface area (Å²) in [6.07, 6.45) is 2.39. The van der Waals surface area contributed by atoms with Gasteiger partial charge in [0.25, 0.3) is 0 Å². The molecule has 0 saturated carbocycles. The SMILES string of the molecule is Nc1ccccc1CCC(=O)N1CCCC(C(=O)O)C1. The number of aliphatic carboxylic acids is 1. The number of hydrogen-bond acceptors (Lipinski definition) is 3. The molecular weight excluding hydrogens is 256 g/mol. The number of carboxylic acids is 1. The molecule has 20 heavy (non-hydrogen) atoms. The van der Waals surface area contributed by atoms with E-state index in [9.17, 15) is 9.59 Å². The zero-order valence-electron chi connectivity index (χ0n) is 11.4. The van der Waals surface area contributed by atoms with Gasteiger partial charge in [-0.2, -0.15) is 0 Å². The van der Waals surface area contributed by atoms with Crippen molar-refractivity contribution in [2.75, 3.05) is 18.8 Å². The number of para-hydroxylation sites is 1. The average Bonchev–Trinajstić information content (AvgIpc) is 2.46. The van der Waals surface area contributed by atoms with Crippen molar-refractivity contribution in [1.82, 2.24) is 4.90 Å². The van der Waals surface area contributed by atoms with Crippen LogP contribution in [0.2, 0.25) is 0 Å². The summed E-state index contributed by atoms with van der Waals surface area (Å²) < 4.78 is 0. The Morgan fingerprint density at radius 1 is 1.35 bits per heavy atom. The molecule has 0 aromatic heterocycles. The molecule has 0 spiro atoms. The molecule has 1 amide bonds. The first-order valence-corrected chi connectivity index (χ1v) is 6.92. The van der Waals surface area contributed by atoms with Gasteiger partial charge in [0.15, 0.2) is 0 Å². The summed E-state index contributed by atoms with van der Waals surface area (Å²) in [5.41, 5.74) is 7.51. The minimum Gasteiger partial charge on any atom is -0.481 e. The minimum absolute atomic E-state index is 0.0132. The summed E-state index contributed by atoms with van der Waals surface area (Å²) in [4.78, 5) is 24.8. The molecule has 1 atom stereocenters. The zero-order chi connectivity index (χ0) is 14.5. The van der Waals surface area contributed by atoms with Gasteiger partial charge in [0.2, 0.25) is 5.91 Å². The van der Waals surface area contributed by atoms with Crippen LogP contribution in [-0.2, 0) is 16.0 Å². The van der Waals surface area contributed by atoms with Crippen molar-refractivity contribution in [3.63, 3.8) is 0 Å². The summed E-state index contributed by atoms with van der Waals surface area (Å²) >= 11 is 0. The van der Waals surface area contributed by atoms with Crippen molar-refractivity contribution in [2.24, 2.45) is 5.92 Å². The van der Waals surface area contributed by atoms with Crippen molar-refractivity contribution >= 4 is 17.6 Å². The van der Waals surface area contributed by atoms with Gasteiger partial charge in [-0.05, 0) is 30.9 Å². The lowest BCUT2D eigenvalue weighted by Crippen LogP contribution is -2.42. The van der Waals surface area contributed by atoms with E-state index in [0.29, 0.717) is 38.0 Å². The number of piperidine rings is 1. The number of anilines is 1. The number of rotatable bonds is 4. The monoisotopic (exact) mass is 276 g/mol. The van der Waals surface area contributed by atoms with Crippen LogP contribution in [0.15, 0.2) is 24.3 Å². The lowest BCUT2D eigenvalue weighted by molar-refractivity contribution is -0.145. The number of carbonyl (C=O) groups excluding carboxylic acids is 1. The van der Waals surface area contributed by atoms with E-state index in [1.807, 2.05) is 24.3 Å². The predicted molar refractivity (Wildman–Crippen MR) is 76.1 cm³/mol. The molecule has 0 bridgehead atoms. The van der Waals surface area contributed by atoms with E-state index in [4.69, 9.17) is 10.8 Å². The standard InChI is InChI=1S/C15H20N2O3/c16-13-6-2-1-4-11(13)7-8-14(18)17-9-3-5-12(10-17)15(19)20/h1-2,4,6,12H,3,5,7-10,16H2,(H,19,20). The first-order chi connectivity index (χ1) is 9.58. The maximum atomic E-state index is 12.1. The number of nitrogen functional groups attached to an aromatic ring is 1. The molecule has 1 aliphatic heterocycles. The highest BCUT2D eigenvalue weighted by Crippen LogP contribution is 2.19. The van der Waals surface area contributed by atoms with Crippen LogP contribution in [0.1, 0.15) is 24.8 Å². The van der Waals surface area contributed by atoms with Crippen molar-refractivity contribution in [3.05, 3.63) is 29.8 Å². The van der Waals surface area contributed by atoms with Gasteiger partial charge in [-0.3, -0.25) is 9.59 Å². The van der Waals surface area contributed by atoms with E-state index >= 15 is 0 Å². The molecule has 1 fully saturated rings. The fourth-order valence-electron chi connectivity index (χ4n) is 2.57. The molecular formula is C15H20N2O3. The lowest BCUT2D eigenvalue weighted by Gasteiger charge is -2.30. The molecule has 3 N–H and O–H groups in total. The van der Waals surface area contributed by atoms with Gasteiger partial charge in [-0.15, -0.1) is 0 Å². The summed E-state index contributed by atoms with van der Waals surface area (Å²) in [7, 11) is 0. The molecule has 1 heterocycles. The predicted octanol–water partition coefficient (Wildman–Crippen LogP) is 1.52. The van der Waals surface area contributed by atoms with Crippen molar-refractivity contribution in [1.29, 1.82) is 0 Å². The van der Waals surface area contributed by atoms with E-state index in [-0.39, 0.29) is 5.91 Å². The number of nitrogens with two attached hydrogens (primary N) is 1. The second-order valence-corrected chi connectivity index (χ2v) is 5.22. The maximum absolute atomic E-state index is 12.1. The highest BCUT2D eigenvalue weighted by molar-refractivity contribution is 5.78. The van der Waals surface area contributed by atoms with Crippen LogP contribution in [0.3, 0.4) is 0 Å². The number of carboxylic acid groups (broad SMARTS) is 1. The maximum Gasteiger partial charge on any atom is 0.308 e. The Morgan fingerprint density at radius 2 is 2.10 bits per heavy atom. The molecule has 2 rings (SSSR count). The molecule has 5 heteroatoms. The zero-order valence-corrected chi connectivity index (χ0v) is 11.4. The number of hydrogen-bond donors (Lipinski definition) is 2. The number of amides is 1. The second kappa shape index (κ2) is 6.41. The molecule has 1 aliphatic rings. The summed E-state index contributed by atoms with van der Waals surface area (Å²) in [5, 5.41) is 9.03. The van der Waals surface area contributed by atoms with E-state index in [1.54, 1.807) is 4.90 Å². The molecule has 1 aromatic rings. The number of likely N-dealkylation sites (tertiary alicyclic amines) is 1. The van der Waals surface area contributed by atoms with Gasteiger partial charge in [0.1, 0.15) is 0 Å². The summed E-state index contributed by atoms with van der Waals surface area (Å²) in [5.74, 6) is -1.22. The Bertz CT molecular complexity index is 502. The van der Waals surface area contributed by atoms with E-state index in [0.717, 1.165) is 12.0 Å². The van der Waals surface area contributed by atoms with Gasteiger partial charge in [0.05, 0.1) is 5.92 Å². The lowest BCUT2D eigenvalue weighted by atomic mass is 9.97. The topological polar surface area (TPSA) is 83.6 Å². The van der Waals surface area contributed by atoms with Crippen LogP contribution in [0.4, 0.5) is 5.69 Å². The Kier molecular flexibility index (Phi) is 4.61. The summed E-state index contributed by atoms with van der Waals surface area (Å²) in [6, 6.07) is 7.50. The number of nitrogens with zero attached hydrogens (tertiary/aromatic N) is 1. The number of aryl methyl sites for hydroxylation is 1. The fraction of sp³-hybridized carbons (Fsp3) is 0.467. The van der Waals surface area contributed by atoms with Gasteiger partial charge < -0.3 is 15.7 Å². The molecule has 108 valence electrons. The van der Waals surface area contributed by atoms with Gasteiger partial charge >= 0.3 is 5.97 Å². The third-order valence-corrected chi connectivity index (χ3v) is 3.79. The fourth-order valence-corrected chi connectivity index (χ4v) is 2.57. The van der Waals surface area contributed by atoms with Crippen LogP contribution in [0, 0.1) is 5.92 Å². The van der Waals surface area contributed by atoms with Crippen LogP contribution in [-0.4, -0.2) is 35.0 Å². The van der Waals surface area contributed by atoms with Crippen molar-refractivity contribution < 1.29 is 14.7 Å². The first-order valence-electron chi connectivity index (χ1n) is 6.92. The molecule has 1 unspecified atom stereocenters. The van der Waals surface area contributed by atoms with E-state index < -0.39 is 11.9 Å². The normalized spacial score (nSPS) is 18.8. The van der Waals surface area contributed by atoms with E-state index in [2.05, 4.69) is 0 Å². The Labute approximate surface area is 118 Å². The van der Waals surface area contributed by atoms with Gasteiger partial charge in [-0.1, -0.05) is 18.2 Å². The molecule has 0 aliphatic carbocycles. The summed E-state index contributed by atoms with van der Waals surface area (Å²) in [6.45, 7) is 0.991. The largest absolute Gasteiger partial charge is 0.481 e. The van der Waals surface area contributed by atoms with E-state index in [1.165, 1.54) is 0 Å². The third kappa shape index (κ3) is 3.50. The number of benzene rings is 1. The van der Waals surface area contributed by atoms with Crippen LogP contribution in [0.25, 0.3) is 0 Å². The molecule has 0 radical (unpaired) electrons. The van der Waals surface area contributed by atoms with Gasteiger partial charge in [-0.25, -0.2) is 0 Å². The average molecular weight is 276 g/mol. The Balaban J connectivity index is 1.89. The van der Waals surface area contributed by atoms with Crippen LogP contribution < -0.4 is 5.73 Å². The molecule has 1 saturated heterocycles. The van der Waals surface area contributed by atoms with Crippen LogP contribution in [0.5, 0.6) is 0 Å². The molecule has 5 nitrogen and oxygen atoms in total. The second-order valence-electron chi connectivity index (χ2n) is 5.22.